The third kappa shape index (κ3) is 3.21. The van der Waals surface area contributed by atoms with Crippen molar-refractivity contribution >= 4 is 16.6 Å². The van der Waals surface area contributed by atoms with Crippen LogP contribution in [0.5, 0.6) is 5.88 Å². The molecule has 0 saturated carbocycles. The number of aryl methyl sites for hydroxylation is 1. The third-order valence-electron chi connectivity index (χ3n) is 2.97. The van der Waals surface area contributed by atoms with E-state index in [1.54, 1.807) is 12.1 Å². The number of hydrogen-bond acceptors (Lipinski definition) is 5. The first-order valence-electron chi connectivity index (χ1n) is 6.30. The molecule has 0 N–H and O–H groups in total. The van der Waals surface area contributed by atoms with Gasteiger partial charge >= 0.3 is 0 Å². The number of nitro benzene ring substituents is 1. The van der Waals surface area contributed by atoms with Crippen LogP contribution in [0.2, 0.25) is 0 Å². The van der Waals surface area contributed by atoms with Crippen molar-refractivity contribution < 1.29 is 9.66 Å². The van der Waals surface area contributed by atoms with E-state index >= 15 is 0 Å². The first kappa shape index (κ1) is 14.2. The number of fused-ring (bicyclic) bond motifs is 1. The van der Waals surface area contributed by atoms with Gasteiger partial charge in [0.2, 0.25) is 5.88 Å². The molecule has 0 radical (unpaired) electrons. The fraction of sp³-hybridized carbons (Fsp3) is 0.357. The SMILES string of the molecule is Cc1cc(OCCN(C)C)nc2ccc([N+](=O)[O-])cc12. The lowest BCUT2D eigenvalue weighted by Gasteiger charge is -2.11. The van der Waals surface area contributed by atoms with Crippen molar-refractivity contribution in [1.29, 1.82) is 0 Å². The van der Waals surface area contributed by atoms with Gasteiger partial charge in [0.05, 0.1) is 10.4 Å². The number of ether oxygens (including phenoxy) is 1. The Kier molecular flexibility index (Phi) is 4.14. The third-order valence-corrected chi connectivity index (χ3v) is 2.97. The van der Waals surface area contributed by atoms with E-state index in [1.165, 1.54) is 6.07 Å². The van der Waals surface area contributed by atoms with Crippen molar-refractivity contribution in [2.75, 3.05) is 27.2 Å². The molecule has 1 aromatic carbocycles. The number of likely N-dealkylation sites (N-methyl/N-ethyl adjacent to an activating group) is 1. The van der Waals surface area contributed by atoms with Gasteiger partial charge in [0.1, 0.15) is 6.61 Å². The Bertz CT molecular complexity index is 641. The molecule has 106 valence electrons. The Morgan fingerprint density at radius 3 is 2.75 bits per heavy atom. The molecule has 6 heteroatoms. The first-order chi connectivity index (χ1) is 9.47. The summed E-state index contributed by atoms with van der Waals surface area (Å²) in [6.07, 6.45) is 0. The highest BCUT2D eigenvalue weighted by molar-refractivity contribution is 5.84. The quantitative estimate of drug-likeness (QED) is 0.619. The molecule has 6 nitrogen and oxygen atoms in total. The van der Waals surface area contributed by atoms with Gasteiger partial charge in [-0.1, -0.05) is 0 Å². The molecule has 0 unspecified atom stereocenters. The van der Waals surface area contributed by atoms with E-state index in [1.807, 2.05) is 32.0 Å². The monoisotopic (exact) mass is 275 g/mol. The zero-order chi connectivity index (χ0) is 14.7. The molecule has 0 saturated heterocycles. The predicted molar refractivity (Wildman–Crippen MR) is 77.2 cm³/mol. The summed E-state index contributed by atoms with van der Waals surface area (Å²) in [6, 6.07) is 6.46. The van der Waals surface area contributed by atoms with Crippen LogP contribution in [-0.2, 0) is 0 Å². The Morgan fingerprint density at radius 2 is 2.10 bits per heavy atom. The molecule has 2 rings (SSSR count). The Morgan fingerprint density at radius 1 is 1.35 bits per heavy atom. The lowest BCUT2D eigenvalue weighted by Crippen LogP contribution is -2.19. The number of nitrogens with zero attached hydrogens (tertiary/aromatic N) is 3. The zero-order valence-corrected chi connectivity index (χ0v) is 11.8. The van der Waals surface area contributed by atoms with Crippen LogP contribution in [0.15, 0.2) is 24.3 Å². The molecule has 1 aromatic heterocycles. The van der Waals surface area contributed by atoms with E-state index in [0.717, 1.165) is 17.5 Å². The second kappa shape index (κ2) is 5.83. The maximum Gasteiger partial charge on any atom is 0.270 e. The highest BCUT2D eigenvalue weighted by Gasteiger charge is 2.10. The summed E-state index contributed by atoms with van der Waals surface area (Å²) < 4.78 is 5.60. The summed E-state index contributed by atoms with van der Waals surface area (Å²) in [5.74, 6) is 0.547. The zero-order valence-electron chi connectivity index (χ0n) is 11.8. The Balaban J connectivity index is 2.28. The van der Waals surface area contributed by atoms with Gasteiger partial charge in [-0.25, -0.2) is 4.98 Å². The smallest absolute Gasteiger partial charge is 0.270 e. The maximum absolute atomic E-state index is 10.8. The van der Waals surface area contributed by atoms with Gasteiger partial charge in [0, 0.05) is 30.1 Å². The standard InChI is InChI=1S/C14H17N3O3/c1-10-8-14(20-7-6-16(2)3)15-13-5-4-11(17(18)19)9-12(10)13/h4-5,8-9H,6-7H2,1-3H3. The van der Waals surface area contributed by atoms with Crippen LogP contribution in [-0.4, -0.2) is 42.1 Å². The summed E-state index contributed by atoms with van der Waals surface area (Å²) in [5.41, 5.74) is 1.69. The molecule has 0 aliphatic heterocycles. The second-order valence-corrected chi connectivity index (χ2v) is 4.89. The second-order valence-electron chi connectivity index (χ2n) is 4.89. The first-order valence-corrected chi connectivity index (χ1v) is 6.30. The highest BCUT2D eigenvalue weighted by Crippen LogP contribution is 2.25. The fourth-order valence-electron chi connectivity index (χ4n) is 1.87. The van der Waals surface area contributed by atoms with Crippen LogP contribution >= 0.6 is 0 Å². The summed E-state index contributed by atoms with van der Waals surface area (Å²) in [5, 5.41) is 11.6. The molecule has 0 aliphatic carbocycles. The van der Waals surface area contributed by atoms with Crippen molar-refractivity contribution in [2.45, 2.75) is 6.92 Å². The minimum Gasteiger partial charge on any atom is -0.476 e. The molecule has 0 atom stereocenters. The lowest BCUT2D eigenvalue weighted by molar-refractivity contribution is -0.384. The number of non-ortho nitro benzene ring substituents is 1. The van der Waals surface area contributed by atoms with Gasteiger partial charge in [-0.3, -0.25) is 10.1 Å². The molecular formula is C14H17N3O3. The molecule has 2 aromatic rings. The summed E-state index contributed by atoms with van der Waals surface area (Å²) >= 11 is 0. The summed E-state index contributed by atoms with van der Waals surface area (Å²) in [4.78, 5) is 16.8. The van der Waals surface area contributed by atoms with E-state index in [9.17, 15) is 10.1 Å². The van der Waals surface area contributed by atoms with E-state index in [4.69, 9.17) is 4.74 Å². The average molecular weight is 275 g/mol. The van der Waals surface area contributed by atoms with Crippen LogP contribution in [0.3, 0.4) is 0 Å². The normalized spacial score (nSPS) is 11.0. The van der Waals surface area contributed by atoms with Gasteiger partial charge in [0.25, 0.3) is 5.69 Å². The van der Waals surface area contributed by atoms with Crippen LogP contribution in [0.1, 0.15) is 5.56 Å². The van der Waals surface area contributed by atoms with Gasteiger partial charge < -0.3 is 9.64 Å². The summed E-state index contributed by atoms with van der Waals surface area (Å²) in [6.45, 7) is 3.25. The van der Waals surface area contributed by atoms with Crippen LogP contribution in [0.4, 0.5) is 5.69 Å². The van der Waals surface area contributed by atoms with Gasteiger partial charge in [-0.15, -0.1) is 0 Å². The Hall–Kier alpha value is -2.21. The number of hydrogen-bond donors (Lipinski definition) is 0. The number of pyridine rings is 1. The van der Waals surface area contributed by atoms with Gasteiger partial charge in [-0.2, -0.15) is 0 Å². The molecule has 1 heterocycles. The van der Waals surface area contributed by atoms with Crippen LogP contribution < -0.4 is 4.74 Å². The molecular weight excluding hydrogens is 258 g/mol. The number of nitro groups is 1. The van der Waals surface area contributed by atoms with Crippen LogP contribution in [0, 0.1) is 17.0 Å². The van der Waals surface area contributed by atoms with E-state index < -0.39 is 4.92 Å². The molecule has 0 fully saturated rings. The van der Waals surface area contributed by atoms with Gasteiger partial charge in [0.15, 0.2) is 0 Å². The molecule has 0 spiro atoms. The predicted octanol–water partition coefficient (Wildman–Crippen LogP) is 2.39. The fourth-order valence-corrected chi connectivity index (χ4v) is 1.87. The lowest BCUT2D eigenvalue weighted by atomic mass is 10.1. The van der Waals surface area contributed by atoms with Crippen molar-refractivity contribution in [3.63, 3.8) is 0 Å². The number of aromatic nitrogens is 1. The van der Waals surface area contributed by atoms with Gasteiger partial charge in [-0.05, 0) is 32.6 Å². The molecule has 0 bridgehead atoms. The summed E-state index contributed by atoms with van der Waals surface area (Å²) in [7, 11) is 3.95. The minimum absolute atomic E-state index is 0.0728. The number of benzene rings is 1. The Labute approximate surface area is 117 Å². The molecule has 20 heavy (non-hydrogen) atoms. The van der Waals surface area contributed by atoms with E-state index in [2.05, 4.69) is 4.98 Å². The minimum atomic E-state index is -0.402. The van der Waals surface area contributed by atoms with E-state index in [-0.39, 0.29) is 5.69 Å². The van der Waals surface area contributed by atoms with Crippen molar-refractivity contribution in [2.24, 2.45) is 0 Å². The average Bonchev–Trinajstić information content (AvgIpc) is 2.37. The van der Waals surface area contributed by atoms with E-state index in [0.29, 0.717) is 18.0 Å². The van der Waals surface area contributed by atoms with Crippen molar-refractivity contribution in [3.05, 3.63) is 39.9 Å². The number of rotatable bonds is 5. The largest absolute Gasteiger partial charge is 0.476 e. The topological polar surface area (TPSA) is 68.5 Å². The molecule has 0 aliphatic rings. The van der Waals surface area contributed by atoms with Crippen molar-refractivity contribution in [1.82, 2.24) is 9.88 Å². The van der Waals surface area contributed by atoms with Crippen LogP contribution in [0.25, 0.3) is 10.9 Å². The maximum atomic E-state index is 10.8. The highest BCUT2D eigenvalue weighted by atomic mass is 16.6. The molecule has 0 amide bonds. The van der Waals surface area contributed by atoms with Crippen molar-refractivity contribution in [3.8, 4) is 5.88 Å².